The lowest BCUT2D eigenvalue weighted by Gasteiger charge is -2.08. The van der Waals surface area contributed by atoms with Crippen LogP contribution in [0.4, 0.5) is 11.4 Å². The van der Waals surface area contributed by atoms with Gasteiger partial charge in [0.25, 0.3) is 11.6 Å². The number of amides is 2. The van der Waals surface area contributed by atoms with Crippen LogP contribution in [-0.4, -0.2) is 28.9 Å². The highest BCUT2D eigenvalue weighted by atomic mass is 32.1. The first-order chi connectivity index (χ1) is 12.9. The number of thiocarbonyl (C=S) groups is 1. The average molecular weight is 384 g/mol. The van der Waals surface area contributed by atoms with E-state index in [0.29, 0.717) is 16.8 Å². The Hall–Kier alpha value is -3.59. The van der Waals surface area contributed by atoms with Crippen molar-refractivity contribution in [1.82, 2.24) is 10.6 Å². The Morgan fingerprint density at radius 3 is 2.48 bits per heavy atom. The van der Waals surface area contributed by atoms with Crippen LogP contribution in [0, 0.1) is 10.1 Å². The fourth-order valence-electron chi connectivity index (χ4n) is 2.08. The molecule has 0 fully saturated rings. The van der Waals surface area contributed by atoms with E-state index in [1.807, 2.05) is 0 Å². The van der Waals surface area contributed by atoms with Gasteiger partial charge in [-0.2, -0.15) is 0 Å². The number of non-ortho nitro benzene ring substituents is 1. The Morgan fingerprint density at radius 2 is 1.85 bits per heavy atom. The number of carbonyl (C=O) groups excluding carboxylic acids is 2. The molecular formula is C18H16N4O4S. The standard InChI is InChI=1S/C18H16N4O4S/c1-19-17(24)13-6-8-14(9-7-13)20-18(27)21-16(23)10-5-12-3-2-4-15(11-12)22(25)26/h2-11H,1H3,(H,19,24)(H2,20,21,23,27)/b10-5+. The summed E-state index contributed by atoms with van der Waals surface area (Å²) in [6.45, 7) is 0. The Kier molecular flexibility index (Phi) is 6.73. The third kappa shape index (κ3) is 6.01. The first-order valence-corrected chi connectivity index (χ1v) is 8.16. The fraction of sp³-hybridized carbons (Fsp3) is 0.0556. The number of anilines is 1. The second-order valence-corrected chi connectivity index (χ2v) is 5.69. The number of benzene rings is 2. The molecule has 0 aliphatic heterocycles. The van der Waals surface area contributed by atoms with Crippen molar-refractivity contribution in [2.24, 2.45) is 0 Å². The molecule has 0 atom stereocenters. The molecule has 3 N–H and O–H groups in total. The first-order valence-electron chi connectivity index (χ1n) is 7.75. The molecule has 0 bridgehead atoms. The summed E-state index contributed by atoms with van der Waals surface area (Å²) in [5.74, 6) is -0.690. The predicted octanol–water partition coefficient (Wildman–Crippen LogP) is 2.48. The summed E-state index contributed by atoms with van der Waals surface area (Å²) in [5.41, 5.74) is 1.56. The van der Waals surface area contributed by atoms with Crippen molar-refractivity contribution < 1.29 is 14.5 Å². The zero-order chi connectivity index (χ0) is 19.8. The molecule has 2 aromatic carbocycles. The van der Waals surface area contributed by atoms with Gasteiger partial charge in [-0.25, -0.2) is 0 Å². The smallest absolute Gasteiger partial charge is 0.270 e. The normalized spacial score (nSPS) is 10.3. The number of carbonyl (C=O) groups is 2. The van der Waals surface area contributed by atoms with Crippen LogP contribution in [0.1, 0.15) is 15.9 Å². The number of nitrogens with zero attached hydrogens (tertiary/aromatic N) is 1. The minimum atomic E-state index is -0.508. The van der Waals surface area contributed by atoms with Gasteiger partial charge in [0, 0.05) is 36.5 Å². The zero-order valence-electron chi connectivity index (χ0n) is 14.3. The van der Waals surface area contributed by atoms with Gasteiger partial charge in [-0.3, -0.25) is 25.0 Å². The van der Waals surface area contributed by atoms with Crippen LogP contribution in [0.3, 0.4) is 0 Å². The maximum Gasteiger partial charge on any atom is 0.270 e. The van der Waals surface area contributed by atoms with E-state index in [1.54, 1.807) is 37.4 Å². The molecule has 0 spiro atoms. The topological polar surface area (TPSA) is 113 Å². The maximum absolute atomic E-state index is 11.9. The van der Waals surface area contributed by atoms with Gasteiger partial charge in [-0.1, -0.05) is 12.1 Å². The van der Waals surface area contributed by atoms with Gasteiger partial charge in [0.2, 0.25) is 5.91 Å². The van der Waals surface area contributed by atoms with Gasteiger partial charge in [0.05, 0.1) is 4.92 Å². The van der Waals surface area contributed by atoms with Crippen molar-refractivity contribution in [1.29, 1.82) is 0 Å². The molecule has 0 aromatic heterocycles. The van der Waals surface area contributed by atoms with Gasteiger partial charge < -0.3 is 10.6 Å². The molecule has 2 amide bonds. The van der Waals surface area contributed by atoms with Gasteiger partial charge in [-0.05, 0) is 48.1 Å². The lowest BCUT2D eigenvalue weighted by Crippen LogP contribution is -2.32. The van der Waals surface area contributed by atoms with Crippen LogP contribution in [0.25, 0.3) is 6.08 Å². The van der Waals surface area contributed by atoms with Gasteiger partial charge in [0.1, 0.15) is 0 Å². The molecule has 0 aliphatic rings. The largest absolute Gasteiger partial charge is 0.355 e. The summed E-state index contributed by atoms with van der Waals surface area (Å²) in [4.78, 5) is 33.6. The SMILES string of the molecule is CNC(=O)c1ccc(NC(=S)NC(=O)/C=C/c2cccc([N+](=O)[O-])c2)cc1. The minimum Gasteiger partial charge on any atom is -0.355 e. The lowest BCUT2D eigenvalue weighted by molar-refractivity contribution is -0.384. The van der Waals surface area contributed by atoms with E-state index < -0.39 is 10.8 Å². The van der Waals surface area contributed by atoms with Gasteiger partial charge in [-0.15, -0.1) is 0 Å². The quantitative estimate of drug-likeness (QED) is 0.316. The summed E-state index contributed by atoms with van der Waals surface area (Å²) in [6, 6.07) is 12.4. The van der Waals surface area contributed by atoms with Crippen LogP contribution >= 0.6 is 12.2 Å². The predicted molar refractivity (Wildman–Crippen MR) is 106 cm³/mol. The summed E-state index contributed by atoms with van der Waals surface area (Å²) in [7, 11) is 1.54. The van der Waals surface area contributed by atoms with Crippen LogP contribution in [-0.2, 0) is 4.79 Å². The van der Waals surface area contributed by atoms with Crippen molar-refractivity contribution in [3.8, 4) is 0 Å². The van der Waals surface area contributed by atoms with E-state index >= 15 is 0 Å². The average Bonchev–Trinajstić information content (AvgIpc) is 2.66. The molecule has 0 radical (unpaired) electrons. The van der Waals surface area contributed by atoms with Crippen molar-refractivity contribution >= 4 is 46.6 Å². The highest BCUT2D eigenvalue weighted by Crippen LogP contribution is 2.14. The van der Waals surface area contributed by atoms with Gasteiger partial charge in [0.15, 0.2) is 5.11 Å². The third-order valence-corrected chi connectivity index (χ3v) is 3.58. The second-order valence-electron chi connectivity index (χ2n) is 5.29. The maximum atomic E-state index is 11.9. The summed E-state index contributed by atoms with van der Waals surface area (Å²) < 4.78 is 0. The number of hydrogen-bond donors (Lipinski definition) is 3. The molecule has 0 saturated heterocycles. The van der Waals surface area contributed by atoms with E-state index in [4.69, 9.17) is 12.2 Å². The summed E-state index contributed by atoms with van der Waals surface area (Å²) in [6.07, 6.45) is 2.67. The van der Waals surface area contributed by atoms with Crippen molar-refractivity contribution in [3.63, 3.8) is 0 Å². The number of nitro benzene ring substituents is 1. The van der Waals surface area contributed by atoms with Gasteiger partial charge >= 0.3 is 0 Å². The molecule has 138 valence electrons. The van der Waals surface area contributed by atoms with E-state index in [1.165, 1.54) is 30.4 Å². The van der Waals surface area contributed by atoms with E-state index in [9.17, 15) is 19.7 Å². The molecule has 9 heteroatoms. The minimum absolute atomic E-state index is 0.0602. The monoisotopic (exact) mass is 384 g/mol. The fourth-order valence-corrected chi connectivity index (χ4v) is 2.30. The number of nitro groups is 1. The van der Waals surface area contributed by atoms with E-state index in [2.05, 4.69) is 16.0 Å². The lowest BCUT2D eigenvalue weighted by atomic mass is 10.2. The van der Waals surface area contributed by atoms with E-state index in [0.717, 1.165) is 0 Å². The van der Waals surface area contributed by atoms with Crippen molar-refractivity contribution in [2.45, 2.75) is 0 Å². The zero-order valence-corrected chi connectivity index (χ0v) is 15.1. The highest BCUT2D eigenvalue weighted by molar-refractivity contribution is 7.80. The summed E-state index contributed by atoms with van der Waals surface area (Å²) >= 11 is 5.06. The number of hydrogen-bond acceptors (Lipinski definition) is 5. The molecule has 0 saturated carbocycles. The molecule has 2 aromatic rings. The van der Waals surface area contributed by atoms with Crippen LogP contribution in [0.5, 0.6) is 0 Å². The molecule has 2 rings (SSSR count). The first kappa shape index (κ1) is 19.7. The Bertz CT molecular complexity index is 910. The highest BCUT2D eigenvalue weighted by Gasteiger charge is 2.06. The number of nitrogens with one attached hydrogen (secondary N) is 3. The Balaban J connectivity index is 1.91. The summed E-state index contributed by atoms with van der Waals surface area (Å²) in [5, 5.41) is 18.6. The third-order valence-electron chi connectivity index (χ3n) is 3.38. The molecule has 0 unspecified atom stereocenters. The molecule has 27 heavy (non-hydrogen) atoms. The molecule has 0 aliphatic carbocycles. The molecular weight excluding hydrogens is 368 g/mol. The van der Waals surface area contributed by atoms with Crippen LogP contribution < -0.4 is 16.0 Å². The Morgan fingerprint density at radius 1 is 1.15 bits per heavy atom. The second kappa shape index (κ2) is 9.20. The van der Waals surface area contributed by atoms with Crippen LogP contribution in [0.2, 0.25) is 0 Å². The molecule has 0 heterocycles. The molecule has 8 nitrogen and oxygen atoms in total. The van der Waals surface area contributed by atoms with Crippen molar-refractivity contribution in [2.75, 3.05) is 12.4 Å². The van der Waals surface area contributed by atoms with Crippen LogP contribution in [0.15, 0.2) is 54.6 Å². The Labute approximate surface area is 160 Å². The van der Waals surface area contributed by atoms with Crippen molar-refractivity contribution in [3.05, 3.63) is 75.8 Å². The van der Waals surface area contributed by atoms with E-state index in [-0.39, 0.29) is 16.7 Å². The number of rotatable bonds is 5.